The molecule has 0 aromatic carbocycles. The number of amides is 1. The Morgan fingerprint density at radius 1 is 1.47 bits per heavy atom. The lowest BCUT2D eigenvalue weighted by Gasteiger charge is -2.16. The van der Waals surface area contributed by atoms with Crippen molar-refractivity contribution in [2.75, 3.05) is 12.0 Å². The van der Waals surface area contributed by atoms with E-state index in [2.05, 4.69) is 21.8 Å². The molecule has 102 valence electrons. The summed E-state index contributed by atoms with van der Waals surface area (Å²) < 4.78 is 1.93. The van der Waals surface area contributed by atoms with Crippen molar-refractivity contribution < 1.29 is 4.79 Å². The molecule has 1 unspecified atom stereocenters. The molecule has 0 bridgehead atoms. The van der Waals surface area contributed by atoms with Crippen LogP contribution in [0.25, 0.3) is 5.65 Å². The van der Waals surface area contributed by atoms with Crippen molar-refractivity contribution in [3.63, 3.8) is 0 Å². The molecular weight excluding hydrogens is 260 g/mol. The zero-order valence-corrected chi connectivity index (χ0v) is 12.0. The Kier molecular flexibility index (Phi) is 4.79. The van der Waals surface area contributed by atoms with Gasteiger partial charge in [-0.15, -0.1) is 10.2 Å². The summed E-state index contributed by atoms with van der Waals surface area (Å²) in [6.45, 7) is 1.85. The second-order valence-electron chi connectivity index (χ2n) is 4.24. The normalized spacial score (nSPS) is 12.5. The predicted octanol–water partition coefficient (Wildman–Crippen LogP) is 2.05. The van der Waals surface area contributed by atoms with Crippen LogP contribution in [0.15, 0.2) is 24.4 Å². The van der Waals surface area contributed by atoms with Crippen LogP contribution in [-0.2, 0) is 4.79 Å². The Balaban J connectivity index is 2.28. The molecule has 0 saturated heterocycles. The van der Waals surface area contributed by atoms with Crippen LogP contribution in [0, 0.1) is 0 Å². The topological polar surface area (TPSA) is 59.3 Å². The summed E-state index contributed by atoms with van der Waals surface area (Å²) in [6.07, 6.45) is 5.31. The first kappa shape index (κ1) is 13.9. The molecule has 0 radical (unpaired) electrons. The highest BCUT2D eigenvalue weighted by Crippen LogP contribution is 2.18. The van der Waals surface area contributed by atoms with Gasteiger partial charge in [0.2, 0.25) is 5.91 Å². The van der Waals surface area contributed by atoms with Crippen LogP contribution >= 0.6 is 11.8 Å². The van der Waals surface area contributed by atoms with Crippen LogP contribution < -0.4 is 5.32 Å². The molecule has 19 heavy (non-hydrogen) atoms. The van der Waals surface area contributed by atoms with Crippen LogP contribution in [0.5, 0.6) is 0 Å². The standard InChI is InChI=1S/C13H18N4OS/c1-3-12(18)14-10(7-9-19-2)13-16-15-11-6-4-5-8-17(11)13/h4-6,8,10H,3,7,9H2,1-2H3,(H,14,18). The van der Waals surface area contributed by atoms with E-state index in [-0.39, 0.29) is 11.9 Å². The summed E-state index contributed by atoms with van der Waals surface area (Å²) >= 11 is 1.76. The number of nitrogens with zero attached hydrogens (tertiary/aromatic N) is 3. The van der Waals surface area contributed by atoms with E-state index in [4.69, 9.17) is 0 Å². The van der Waals surface area contributed by atoms with Gasteiger partial charge in [0.15, 0.2) is 11.5 Å². The number of carbonyl (C=O) groups is 1. The Hall–Kier alpha value is -1.56. The third-order valence-corrected chi connectivity index (χ3v) is 3.56. The first-order valence-electron chi connectivity index (χ1n) is 6.34. The van der Waals surface area contributed by atoms with Crippen LogP contribution in [0.1, 0.15) is 31.6 Å². The van der Waals surface area contributed by atoms with Gasteiger partial charge in [0, 0.05) is 12.6 Å². The van der Waals surface area contributed by atoms with Gasteiger partial charge in [-0.3, -0.25) is 9.20 Å². The lowest BCUT2D eigenvalue weighted by Crippen LogP contribution is -2.29. The molecule has 5 nitrogen and oxygen atoms in total. The fourth-order valence-electron chi connectivity index (χ4n) is 1.90. The smallest absolute Gasteiger partial charge is 0.220 e. The van der Waals surface area contributed by atoms with Gasteiger partial charge >= 0.3 is 0 Å². The summed E-state index contributed by atoms with van der Waals surface area (Å²) in [4.78, 5) is 11.6. The lowest BCUT2D eigenvalue weighted by molar-refractivity contribution is -0.121. The van der Waals surface area contributed by atoms with Gasteiger partial charge in [-0.25, -0.2) is 0 Å². The zero-order chi connectivity index (χ0) is 13.7. The van der Waals surface area contributed by atoms with E-state index in [1.165, 1.54) is 0 Å². The largest absolute Gasteiger partial charge is 0.346 e. The van der Waals surface area contributed by atoms with Gasteiger partial charge in [0.25, 0.3) is 0 Å². The van der Waals surface area contributed by atoms with Crippen molar-refractivity contribution in [1.82, 2.24) is 19.9 Å². The minimum Gasteiger partial charge on any atom is -0.346 e. The van der Waals surface area contributed by atoms with Crippen LogP contribution in [-0.4, -0.2) is 32.5 Å². The molecule has 1 N–H and O–H groups in total. The highest BCUT2D eigenvalue weighted by atomic mass is 32.2. The molecule has 0 aliphatic carbocycles. The van der Waals surface area contributed by atoms with E-state index < -0.39 is 0 Å². The highest BCUT2D eigenvalue weighted by Gasteiger charge is 2.19. The van der Waals surface area contributed by atoms with Crippen LogP contribution in [0.2, 0.25) is 0 Å². The molecular formula is C13H18N4OS. The van der Waals surface area contributed by atoms with Gasteiger partial charge in [0.05, 0.1) is 6.04 Å². The van der Waals surface area contributed by atoms with Gasteiger partial charge in [-0.05, 0) is 30.6 Å². The Bertz CT molecular complexity index is 554. The maximum absolute atomic E-state index is 11.6. The molecule has 2 rings (SSSR count). The number of thioether (sulfide) groups is 1. The molecule has 1 atom stereocenters. The molecule has 2 heterocycles. The van der Waals surface area contributed by atoms with Gasteiger partial charge in [0.1, 0.15) is 0 Å². The Labute approximate surface area is 116 Å². The molecule has 6 heteroatoms. The van der Waals surface area contributed by atoms with E-state index in [0.717, 1.165) is 23.6 Å². The average Bonchev–Trinajstić information content (AvgIpc) is 2.87. The van der Waals surface area contributed by atoms with Gasteiger partial charge in [-0.2, -0.15) is 11.8 Å². The van der Waals surface area contributed by atoms with Gasteiger partial charge in [-0.1, -0.05) is 13.0 Å². The number of fused-ring (bicyclic) bond motifs is 1. The number of nitrogens with one attached hydrogen (secondary N) is 1. The monoisotopic (exact) mass is 278 g/mol. The minimum absolute atomic E-state index is 0.0405. The molecule has 0 fully saturated rings. The number of carbonyl (C=O) groups excluding carboxylic acids is 1. The second kappa shape index (κ2) is 6.56. The third-order valence-electron chi connectivity index (χ3n) is 2.92. The summed E-state index contributed by atoms with van der Waals surface area (Å²) in [5, 5.41) is 11.4. The molecule has 0 aliphatic heterocycles. The molecule has 0 aliphatic rings. The summed E-state index contributed by atoms with van der Waals surface area (Å²) in [5.41, 5.74) is 0.803. The number of hydrogen-bond donors (Lipinski definition) is 1. The number of pyridine rings is 1. The van der Waals surface area contributed by atoms with Crippen molar-refractivity contribution in [1.29, 1.82) is 0 Å². The van der Waals surface area contributed by atoms with Crippen molar-refractivity contribution in [3.8, 4) is 0 Å². The van der Waals surface area contributed by atoms with Crippen molar-refractivity contribution in [2.45, 2.75) is 25.8 Å². The van der Waals surface area contributed by atoms with Crippen molar-refractivity contribution in [3.05, 3.63) is 30.2 Å². The first-order chi connectivity index (χ1) is 9.26. The molecule has 0 saturated carbocycles. The first-order valence-corrected chi connectivity index (χ1v) is 7.73. The average molecular weight is 278 g/mol. The number of rotatable bonds is 6. The lowest BCUT2D eigenvalue weighted by atomic mass is 10.2. The Morgan fingerprint density at radius 2 is 2.32 bits per heavy atom. The molecule has 2 aromatic rings. The second-order valence-corrected chi connectivity index (χ2v) is 5.23. The summed E-state index contributed by atoms with van der Waals surface area (Å²) in [6, 6.07) is 5.68. The minimum atomic E-state index is -0.0858. The van der Waals surface area contributed by atoms with Crippen LogP contribution in [0.4, 0.5) is 0 Å². The number of hydrogen-bond acceptors (Lipinski definition) is 4. The third kappa shape index (κ3) is 3.26. The Morgan fingerprint density at radius 3 is 3.05 bits per heavy atom. The molecule has 0 spiro atoms. The van der Waals surface area contributed by atoms with E-state index in [9.17, 15) is 4.79 Å². The maximum atomic E-state index is 11.6. The van der Waals surface area contributed by atoms with Crippen molar-refractivity contribution >= 4 is 23.3 Å². The van der Waals surface area contributed by atoms with E-state index in [0.29, 0.717) is 6.42 Å². The van der Waals surface area contributed by atoms with Gasteiger partial charge < -0.3 is 5.32 Å². The summed E-state index contributed by atoms with van der Waals surface area (Å²) in [5.74, 6) is 1.81. The number of aromatic nitrogens is 3. The molecule has 2 aromatic heterocycles. The van der Waals surface area contributed by atoms with E-state index in [1.807, 2.05) is 35.7 Å². The van der Waals surface area contributed by atoms with E-state index in [1.54, 1.807) is 11.8 Å². The zero-order valence-electron chi connectivity index (χ0n) is 11.2. The maximum Gasteiger partial charge on any atom is 0.220 e. The van der Waals surface area contributed by atoms with Crippen molar-refractivity contribution in [2.24, 2.45) is 0 Å². The quantitative estimate of drug-likeness (QED) is 0.878. The fourth-order valence-corrected chi connectivity index (χ4v) is 2.37. The highest BCUT2D eigenvalue weighted by molar-refractivity contribution is 7.98. The summed E-state index contributed by atoms with van der Waals surface area (Å²) in [7, 11) is 0. The predicted molar refractivity (Wildman–Crippen MR) is 77.2 cm³/mol. The van der Waals surface area contributed by atoms with Crippen LogP contribution in [0.3, 0.4) is 0 Å². The molecule has 1 amide bonds. The van der Waals surface area contributed by atoms with E-state index >= 15 is 0 Å². The fraction of sp³-hybridized carbons (Fsp3) is 0.462. The SMILES string of the molecule is CCC(=O)NC(CCSC)c1nnc2ccccn12.